The maximum Gasteiger partial charge on any atom is 0.322 e. The molecule has 0 amide bonds. The van der Waals surface area contributed by atoms with Gasteiger partial charge in [-0.1, -0.05) is 18.5 Å². The summed E-state index contributed by atoms with van der Waals surface area (Å²) >= 11 is 5.82. The second-order valence-electron chi connectivity index (χ2n) is 4.10. The quantitative estimate of drug-likeness (QED) is 0.910. The molecule has 100 valence electrons. The van der Waals surface area contributed by atoms with E-state index in [1.54, 1.807) is 30.5 Å². The first kappa shape index (κ1) is 13.8. The molecular weight excluding hydrogens is 262 g/mol. The standard InChI is InChI=1S/C14H16ClN3O/c1-3-16-8-11-9-17-14(18-10(11)2)19-13-6-4-12(15)5-7-13/h4-7,9,16H,3,8H2,1-2H3. The van der Waals surface area contributed by atoms with Crippen molar-refractivity contribution in [3.05, 3.63) is 46.7 Å². The predicted molar refractivity (Wildman–Crippen MR) is 75.7 cm³/mol. The Morgan fingerprint density at radius 1 is 1.26 bits per heavy atom. The molecule has 0 aliphatic heterocycles. The SMILES string of the molecule is CCNCc1cnc(Oc2ccc(Cl)cc2)nc1C. The molecule has 0 aliphatic carbocycles. The zero-order valence-electron chi connectivity index (χ0n) is 11.0. The van der Waals surface area contributed by atoms with E-state index in [2.05, 4.69) is 22.2 Å². The van der Waals surface area contributed by atoms with E-state index in [-0.39, 0.29) is 0 Å². The number of rotatable bonds is 5. The van der Waals surface area contributed by atoms with Crippen LogP contribution < -0.4 is 10.1 Å². The van der Waals surface area contributed by atoms with Gasteiger partial charge in [-0.25, -0.2) is 4.98 Å². The van der Waals surface area contributed by atoms with Crippen molar-refractivity contribution in [2.75, 3.05) is 6.54 Å². The molecule has 1 heterocycles. The molecule has 0 radical (unpaired) electrons. The maximum atomic E-state index is 5.82. The lowest BCUT2D eigenvalue weighted by Gasteiger charge is -2.08. The largest absolute Gasteiger partial charge is 0.424 e. The molecule has 0 aliphatic rings. The van der Waals surface area contributed by atoms with E-state index in [0.717, 1.165) is 24.3 Å². The third kappa shape index (κ3) is 3.91. The molecule has 0 bridgehead atoms. The van der Waals surface area contributed by atoms with Gasteiger partial charge in [0.1, 0.15) is 5.75 Å². The summed E-state index contributed by atoms with van der Waals surface area (Å²) in [4.78, 5) is 8.54. The van der Waals surface area contributed by atoms with Gasteiger partial charge in [0, 0.05) is 29.0 Å². The fraction of sp³-hybridized carbons (Fsp3) is 0.286. The Kier molecular flexibility index (Phi) is 4.71. The molecule has 0 spiro atoms. The van der Waals surface area contributed by atoms with E-state index in [9.17, 15) is 0 Å². The van der Waals surface area contributed by atoms with Gasteiger partial charge in [0.2, 0.25) is 0 Å². The summed E-state index contributed by atoms with van der Waals surface area (Å²) in [6.45, 7) is 5.70. The zero-order valence-corrected chi connectivity index (χ0v) is 11.7. The molecule has 5 heteroatoms. The number of aromatic nitrogens is 2. The molecule has 2 aromatic rings. The van der Waals surface area contributed by atoms with Gasteiger partial charge in [0.05, 0.1) is 0 Å². The first-order chi connectivity index (χ1) is 9.19. The summed E-state index contributed by atoms with van der Waals surface area (Å²) in [6.07, 6.45) is 1.79. The Balaban J connectivity index is 2.09. The van der Waals surface area contributed by atoms with Crippen LogP contribution in [-0.4, -0.2) is 16.5 Å². The number of nitrogens with one attached hydrogen (secondary N) is 1. The van der Waals surface area contributed by atoms with E-state index in [0.29, 0.717) is 16.8 Å². The first-order valence-corrected chi connectivity index (χ1v) is 6.53. The molecule has 0 unspecified atom stereocenters. The lowest BCUT2D eigenvalue weighted by Crippen LogP contribution is -2.13. The van der Waals surface area contributed by atoms with E-state index in [1.807, 2.05) is 6.92 Å². The Morgan fingerprint density at radius 2 is 2.00 bits per heavy atom. The van der Waals surface area contributed by atoms with Crippen LogP contribution in [-0.2, 0) is 6.54 Å². The molecule has 19 heavy (non-hydrogen) atoms. The molecule has 0 saturated heterocycles. The van der Waals surface area contributed by atoms with Crippen LogP contribution in [0.1, 0.15) is 18.2 Å². The lowest BCUT2D eigenvalue weighted by atomic mass is 10.2. The zero-order chi connectivity index (χ0) is 13.7. The fourth-order valence-corrected chi connectivity index (χ4v) is 1.69. The minimum atomic E-state index is 0.347. The van der Waals surface area contributed by atoms with Gasteiger partial charge >= 0.3 is 6.01 Å². The van der Waals surface area contributed by atoms with Crippen molar-refractivity contribution in [3.63, 3.8) is 0 Å². The summed E-state index contributed by atoms with van der Waals surface area (Å²) in [6, 6.07) is 7.45. The van der Waals surface area contributed by atoms with E-state index < -0.39 is 0 Å². The van der Waals surface area contributed by atoms with Crippen molar-refractivity contribution >= 4 is 11.6 Å². The number of aryl methyl sites for hydroxylation is 1. The molecule has 1 aromatic heterocycles. The number of nitrogens with zero attached hydrogens (tertiary/aromatic N) is 2. The van der Waals surface area contributed by atoms with Crippen molar-refractivity contribution in [2.24, 2.45) is 0 Å². The Labute approximate surface area is 117 Å². The topological polar surface area (TPSA) is 47.0 Å². The maximum absolute atomic E-state index is 5.82. The van der Waals surface area contributed by atoms with Crippen LogP contribution in [0, 0.1) is 6.92 Å². The summed E-state index contributed by atoms with van der Waals surface area (Å²) in [5.41, 5.74) is 1.99. The highest BCUT2D eigenvalue weighted by atomic mass is 35.5. The van der Waals surface area contributed by atoms with Gasteiger partial charge in [-0.15, -0.1) is 0 Å². The number of hydrogen-bond acceptors (Lipinski definition) is 4. The molecule has 0 saturated carbocycles. The van der Waals surface area contributed by atoms with Gasteiger partial charge < -0.3 is 10.1 Å². The highest BCUT2D eigenvalue weighted by Gasteiger charge is 2.05. The van der Waals surface area contributed by atoms with Crippen LogP contribution in [0.25, 0.3) is 0 Å². The van der Waals surface area contributed by atoms with Crippen molar-refractivity contribution < 1.29 is 4.74 Å². The third-order valence-corrected chi connectivity index (χ3v) is 2.90. The van der Waals surface area contributed by atoms with E-state index in [4.69, 9.17) is 16.3 Å². The van der Waals surface area contributed by atoms with Crippen molar-refractivity contribution in [1.29, 1.82) is 0 Å². The van der Waals surface area contributed by atoms with Gasteiger partial charge in [-0.2, -0.15) is 4.98 Å². The van der Waals surface area contributed by atoms with Gasteiger partial charge in [-0.05, 0) is 37.7 Å². The number of hydrogen-bond donors (Lipinski definition) is 1. The van der Waals surface area contributed by atoms with Crippen LogP contribution >= 0.6 is 11.6 Å². The number of ether oxygens (including phenoxy) is 1. The van der Waals surface area contributed by atoms with Crippen molar-refractivity contribution in [1.82, 2.24) is 15.3 Å². The van der Waals surface area contributed by atoms with Gasteiger partial charge in [-0.3, -0.25) is 0 Å². The molecule has 0 atom stereocenters. The van der Waals surface area contributed by atoms with Crippen LogP contribution in [0.5, 0.6) is 11.8 Å². The van der Waals surface area contributed by atoms with Crippen molar-refractivity contribution in [2.45, 2.75) is 20.4 Å². The molecule has 0 fully saturated rings. The summed E-state index contributed by atoms with van der Waals surface area (Å²) < 4.78 is 5.57. The lowest BCUT2D eigenvalue weighted by molar-refractivity contribution is 0.439. The minimum absolute atomic E-state index is 0.347. The normalized spacial score (nSPS) is 10.5. The van der Waals surface area contributed by atoms with Gasteiger partial charge in [0.25, 0.3) is 0 Å². The van der Waals surface area contributed by atoms with Crippen LogP contribution in [0.15, 0.2) is 30.5 Å². The molecular formula is C14H16ClN3O. The van der Waals surface area contributed by atoms with E-state index in [1.165, 1.54) is 0 Å². The summed E-state index contributed by atoms with van der Waals surface area (Å²) in [5, 5.41) is 3.92. The molecule has 4 nitrogen and oxygen atoms in total. The summed E-state index contributed by atoms with van der Waals surface area (Å²) in [5.74, 6) is 0.670. The smallest absolute Gasteiger partial charge is 0.322 e. The van der Waals surface area contributed by atoms with Gasteiger partial charge in [0.15, 0.2) is 0 Å². The molecule has 1 N–H and O–H groups in total. The van der Waals surface area contributed by atoms with E-state index >= 15 is 0 Å². The number of halogens is 1. The Morgan fingerprint density at radius 3 is 2.63 bits per heavy atom. The first-order valence-electron chi connectivity index (χ1n) is 6.15. The monoisotopic (exact) mass is 277 g/mol. The predicted octanol–water partition coefficient (Wildman–Crippen LogP) is 3.34. The highest BCUT2D eigenvalue weighted by Crippen LogP contribution is 2.20. The third-order valence-electron chi connectivity index (χ3n) is 2.65. The highest BCUT2D eigenvalue weighted by molar-refractivity contribution is 6.30. The average Bonchev–Trinajstić information content (AvgIpc) is 2.41. The average molecular weight is 278 g/mol. The van der Waals surface area contributed by atoms with Crippen LogP contribution in [0.4, 0.5) is 0 Å². The Bertz CT molecular complexity index is 543. The second-order valence-corrected chi connectivity index (χ2v) is 4.54. The fourth-order valence-electron chi connectivity index (χ4n) is 1.56. The molecule has 1 aromatic carbocycles. The van der Waals surface area contributed by atoms with Crippen molar-refractivity contribution in [3.8, 4) is 11.8 Å². The number of benzene rings is 1. The minimum Gasteiger partial charge on any atom is -0.424 e. The second kappa shape index (κ2) is 6.50. The Hall–Kier alpha value is -1.65. The molecule has 2 rings (SSSR count). The van der Waals surface area contributed by atoms with Crippen LogP contribution in [0.3, 0.4) is 0 Å². The summed E-state index contributed by atoms with van der Waals surface area (Å²) in [7, 11) is 0. The van der Waals surface area contributed by atoms with Crippen LogP contribution in [0.2, 0.25) is 5.02 Å².